The Morgan fingerprint density at radius 3 is 2.33 bits per heavy atom. The molecule has 0 spiro atoms. The highest BCUT2D eigenvalue weighted by molar-refractivity contribution is 5.32. The fourth-order valence-electron chi connectivity index (χ4n) is 2.67. The number of piperazine rings is 1. The van der Waals surface area contributed by atoms with Gasteiger partial charge in [-0.3, -0.25) is 0 Å². The first-order chi connectivity index (χ1) is 10.3. The molecule has 0 bridgehead atoms. The zero-order chi connectivity index (χ0) is 14.9. The first-order valence-corrected chi connectivity index (χ1v) is 8.28. The number of quaternary nitrogens is 2. The highest BCUT2D eigenvalue weighted by Gasteiger charge is 2.18. The molecular weight excluding hydrogens is 264 g/mol. The van der Waals surface area contributed by atoms with Crippen molar-refractivity contribution in [2.75, 3.05) is 53.0 Å². The van der Waals surface area contributed by atoms with Crippen LogP contribution in [0.15, 0.2) is 24.3 Å². The van der Waals surface area contributed by atoms with E-state index in [0.717, 1.165) is 37.6 Å². The third-order valence-corrected chi connectivity index (χ3v) is 4.03. The number of likely N-dealkylation sites (N-methyl/N-ethyl adjacent to an activating group) is 1. The minimum absolute atomic E-state index is 0.762. The predicted octanol–water partition coefficient (Wildman–Crippen LogP) is -0.342. The van der Waals surface area contributed by atoms with Crippen LogP contribution in [0.1, 0.15) is 19.8 Å². The number of hydrogen-bond donors (Lipinski definition) is 2. The Bertz CT molecular complexity index is 404. The third kappa shape index (κ3) is 5.94. The molecular formula is C17H30N2O2+2. The van der Waals surface area contributed by atoms with E-state index in [-0.39, 0.29) is 0 Å². The van der Waals surface area contributed by atoms with Crippen LogP contribution >= 0.6 is 0 Å². The van der Waals surface area contributed by atoms with E-state index in [2.05, 4.69) is 14.0 Å². The van der Waals surface area contributed by atoms with Crippen molar-refractivity contribution in [3.05, 3.63) is 24.3 Å². The molecule has 0 radical (unpaired) electrons. The molecule has 4 nitrogen and oxygen atoms in total. The standard InChI is InChI=1S/C17H28N2O2/c1-3-13-20-16-6-4-7-17(15-16)21-14-5-8-19-11-9-18(2)10-12-19/h4,6-7,15H,3,5,8-14H2,1-2H3/p+2. The predicted molar refractivity (Wildman–Crippen MR) is 84.5 cm³/mol. The molecule has 1 aliphatic rings. The van der Waals surface area contributed by atoms with Crippen molar-refractivity contribution in [2.24, 2.45) is 0 Å². The van der Waals surface area contributed by atoms with Crippen LogP contribution in [0.3, 0.4) is 0 Å². The second-order valence-corrected chi connectivity index (χ2v) is 5.98. The quantitative estimate of drug-likeness (QED) is 0.642. The minimum atomic E-state index is 0.762. The Morgan fingerprint density at radius 2 is 1.67 bits per heavy atom. The largest absolute Gasteiger partial charge is 0.493 e. The smallest absolute Gasteiger partial charge is 0.127 e. The highest BCUT2D eigenvalue weighted by atomic mass is 16.5. The molecule has 0 unspecified atom stereocenters. The minimum Gasteiger partial charge on any atom is -0.493 e. The highest BCUT2D eigenvalue weighted by Crippen LogP contribution is 2.19. The normalized spacial score (nSPS) is 22.0. The molecule has 2 N–H and O–H groups in total. The van der Waals surface area contributed by atoms with E-state index >= 15 is 0 Å². The summed E-state index contributed by atoms with van der Waals surface area (Å²) < 4.78 is 11.5. The Balaban J connectivity index is 1.64. The maximum Gasteiger partial charge on any atom is 0.127 e. The zero-order valence-electron chi connectivity index (χ0n) is 13.5. The van der Waals surface area contributed by atoms with Crippen molar-refractivity contribution in [1.82, 2.24) is 0 Å². The van der Waals surface area contributed by atoms with E-state index in [1.54, 1.807) is 9.80 Å². The molecule has 0 atom stereocenters. The number of nitrogens with one attached hydrogen (secondary N) is 2. The molecule has 1 heterocycles. The fourth-order valence-corrected chi connectivity index (χ4v) is 2.67. The van der Waals surface area contributed by atoms with Crippen LogP contribution in [-0.4, -0.2) is 53.0 Å². The van der Waals surface area contributed by atoms with Gasteiger partial charge in [0, 0.05) is 12.5 Å². The van der Waals surface area contributed by atoms with Crippen molar-refractivity contribution >= 4 is 0 Å². The van der Waals surface area contributed by atoms with E-state index in [0.29, 0.717) is 0 Å². The summed E-state index contributed by atoms with van der Waals surface area (Å²) in [4.78, 5) is 3.39. The second kappa shape index (κ2) is 8.90. The van der Waals surface area contributed by atoms with Gasteiger partial charge in [0.1, 0.15) is 37.7 Å². The zero-order valence-corrected chi connectivity index (χ0v) is 13.5. The Morgan fingerprint density at radius 1 is 1.00 bits per heavy atom. The van der Waals surface area contributed by atoms with E-state index in [1.807, 2.05) is 24.3 Å². The summed E-state index contributed by atoms with van der Waals surface area (Å²) in [6, 6.07) is 7.97. The van der Waals surface area contributed by atoms with E-state index in [9.17, 15) is 0 Å². The van der Waals surface area contributed by atoms with E-state index < -0.39 is 0 Å². The van der Waals surface area contributed by atoms with Crippen molar-refractivity contribution in [1.29, 1.82) is 0 Å². The van der Waals surface area contributed by atoms with Gasteiger partial charge in [0.25, 0.3) is 0 Å². The van der Waals surface area contributed by atoms with Crippen LogP contribution in [0.2, 0.25) is 0 Å². The topological polar surface area (TPSA) is 27.3 Å². The summed E-state index contributed by atoms with van der Waals surface area (Å²) in [5, 5.41) is 0. The van der Waals surface area contributed by atoms with Gasteiger partial charge in [-0.1, -0.05) is 13.0 Å². The first kappa shape index (κ1) is 16.1. The summed E-state index contributed by atoms with van der Waals surface area (Å²) >= 11 is 0. The van der Waals surface area contributed by atoms with Crippen LogP contribution < -0.4 is 19.3 Å². The maximum absolute atomic E-state index is 5.84. The monoisotopic (exact) mass is 294 g/mol. The Kier molecular flexibility index (Phi) is 6.83. The number of hydrogen-bond acceptors (Lipinski definition) is 2. The first-order valence-electron chi connectivity index (χ1n) is 8.28. The van der Waals surface area contributed by atoms with Gasteiger partial charge >= 0.3 is 0 Å². The number of benzene rings is 1. The average Bonchev–Trinajstić information content (AvgIpc) is 2.52. The molecule has 1 saturated heterocycles. The van der Waals surface area contributed by atoms with E-state index in [1.165, 1.54) is 32.7 Å². The van der Waals surface area contributed by atoms with Crippen molar-refractivity contribution in [3.8, 4) is 11.5 Å². The molecule has 0 aromatic heterocycles. The maximum atomic E-state index is 5.84. The van der Waals surface area contributed by atoms with E-state index in [4.69, 9.17) is 9.47 Å². The van der Waals surface area contributed by atoms with Gasteiger partial charge in [-0.25, -0.2) is 0 Å². The average molecular weight is 294 g/mol. The van der Waals surface area contributed by atoms with Crippen LogP contribution in [0.4, 0.5) is 0 Å². The molecule has 0 amide bonds. The summed E-state index contributed by atoms with van der Waals surface area (Å²) in [5.74, 6) is 1.82. The van der Waals surface area contributed by atoms with Gasteiger partial charge in [-0.05, 0) is 18.6 Å². The lowest BCUT2D eigenvalue weighted by Gasteiger charge is -2.27. The fraction of sp³-hybridized carbons (Fsp3) is 0.647. The lowest BCUT2D eigenvalue weighted by Crippen LogP contribution is -3.27. The summed E-state index contributed by atoms with van der Waals surface area (Å²) in [7, 11) is 2.29. The van der Waals surface area contributed by atoms with Gasteiger partial charge in [0.05, 0.1) is 26.8 Å². The van der Waals surface area contributed by atoms with Gasteiger partial charge in [-0.15, -0.1) is 0 Å². The molecule has 4 heteroatoms. The van der Waals surface area contributed by atoms with Gasteiger partial charge < -0.3 is 19.3 Å². The SMILES string of the molecule is CCCOc1cccc(OCCC[NH+]2CC[NH+](C)CC2)c1. The van der Waals surface area contributed by atoms with Crippen LogP contribution in [-0.2, 0) is 0 Å². The Labute approximate surface area is 128 Å². The summed E-state index contributed by atoms with van der Waals surface area (Å²) in [6.07, 6.45) is 2.15. The molecule has 1 aromatic carbocycles. The number of ether oxygens (including phenoxy) is 2. The molecule has 1 aliphatic heterocycles. The van der Waals surface area contributed by atoms with Crippen molar-refractivity contribution in [3.63, 3.8) is 0 Å². The molecule has 0 saturated carbocycles. The Hall–Kier alpha value is -1.26. The molecule has 21 heavy (non-hydrogen) atoms. The number of rotatable bonds is 8. The second-order valence-electron chi connectivity index (χ2n) is 5.98. The summed E-state index contributed by atoms with van der Waals surface area (Å²) in [6.45, 7) is 10.1. The van der Waals surface area contributed by atoms with Gasteiger partial charge in [0.2, 0.25) is 0 Å². The van der Waals surface area contributed by atoms with Crippen LogP contribution in [0.25, 0.3) is 0 Å². The lowest BCUT2D eigenvalue weighted by molar-refractivity contribution is -1.00. The molecule has 2 rings (SSSR count). The summed E-state index contributed by atoms with van der Waals surface area (Å²) in [5.41, 5.74) is 0. The molecule has 1 aromatic rings. The molecule has 1 fully saturated rings. The molecule has 118 valence electrons. The van der Waals surface area contributed by atoms with Gasteiger partial charge in [0.15, 0.2) is 0 Å². The lowest BCUT2D eigenvalue weighted by atomic mass is 10.3. The van der Waals surface area contributed by atoms with Gasteiger partial charge in [-0.2, -0.15) is 0 Å². The van der Waals surface area contributed by atoms with Crippen LogP contribution in [0.5, 0.6) is 11.5 Å². The molecule has 0 aliphatic carbocycles. The van der Waals surface area contributed by atoms with Crippen molar-refractivity contribution in [2.45, 2.75) is 19.8 Å². The van der Waals surface area contributed by atoms with Crippen LogP contribution in [0, 0.1) is 0 Å². The third-order valence-electron chi connectivity index (χ3n) is 4.03. The van der Waals surface area contributed by atoms with Crippen molar-refractivity contribution < 1.29 is 19.3 Å².